The second-order valence-corrected chi connectivity index (χ2v) is 10.8. The summed E-state index contributed by atoms with van der Waals surface area (Å²) in [5, 5.41) is 1.47. The van der Waals surface area contributed by atoms with Crippen molar-refractivity contribution >= 4 is 19.7 Å². The molecule has 0 aliphatic heterocycles. The average Bonchev–Trinajstić information content (AvgIpc) is 1.78. The SMILES string of the molecule is CC(C)(C)/C=C(\CCl)[Si](C)(C)C. The predicted molar refractivity (Wildman–Crippen MR) is 61.6 cm³/mol. The van der Waals surface area contributed by atoms with Gasteiger partial charge >= 0.3 is 0 Å². The number of halogens is 1. The monoisotopic (exact) mass is 204 g/mol. The molecule has 0 bridgehead atoms. The van der Waals surface area contributed by atoms with Gasteiger partial charge < -0.3 is 0 Å². The topological polar surface area (TPSA) is 0 Å². The van der Waals surface area contributed by atoms with Crippen molar-refractivity contribution in [3.63, 3.8) is 0 Å². The van der Waals surface area contributed by atoms with E-state index in [-0.39, 0.29) is 5.41 Å². The van der Waals surface area contributed by atoms with Crippen LogP contribution in [0.4, 0.5) is 0 Å². The molecule has 0 heterocycles. The number of hydrogen-bond donors (Lipinski definition) is 0. The van der Waals surface area contributed by atoms with Crippen molar-refractivity contribution in [2.45, 2.75) is 40.4 Å². The first kappa shape index (κ1) is 12.2. The molecule has 0 aromatic heterocycles. The second-order valence-electron chi connectivity index (χ2n) is 5.42. The van der Waals surface area contributed by atoms with Crippen LogP contribution in [0.2, 0.25) is 19.6 Å². The van der Waals surface area contributed by atoms with Crippen molar-refractivity contribution < 1.29 is 0 Å². The molecule has 0 aromatic rings. The van der Waals surface area contributed by atoms with Gasteiger partial charge in [-0.15, -0.1) is 11.6 Å². The van der Waals surface area contributed by atoms with Gasteiger partial charge in [0.05, 0.1) is 8.07 Å². The first-order valence-electron chi connectivity index (χ1n) is 4.45. The number of rotatable bonds is 2. The maximum absolute atomic E-state index is 5.92. The fourth-order valence-electron chi connectivity index (χ4n) is 0.978. The van der Waals surface area contributed by atoms with Crippen LogP contribution >= 0.6 is 11.6 Å². The Morgan fingerprint density at radius 2 is 1.67 bits per heavy atom. The summed E-state index contributed by atoms with van der Waals surface area (Å²) in [6.07, 6.45) is 2.34. The van der Waals surface area contributed by atoms with Crippen LogP contribution in [0.15, 0.2) is 11.3 Å². The van der Waals surface area contributed by atoms with Crippen LogP contribution in [0.5, 0.6) is 0 Å². The van der Waals surface area contributed by atoms with Crippen LogP contribution in [-0.2, 0) is 0 Å². The Hall–Kier alpha value is 0.247. The molecular weight excluding hydrogens is 184 g/mol. The number of allylic oxidation sites excluding steroid dienone is 2. The fourth-order valence-corrected chi connectivity index (χ4v) is 3.52. The van der Waals surface area contributed by atoms with E-state index in [9.17, 15) is 0 Å². The van der Waals surface area contributed by atoms with Crippen LogP contribution in [0.3, 0.4) is 0 Å². The summed E-state index contributed by atoms with van der Waals surface area (Å²) in [4.78, 5) is 0. The van der Waals surface area contributed by atoms with Gasteiger partial charge in [0.25, 0.3) is 0 Å². The van der Waals surface area contributed by atoms with E-state index in [0.29, 0.717) is 5.88 Å². The Morgan fingerprint density at radius 1 is 1.25 bits per heavy atom. The molecule has 2 heteroatoms. The predicted octanol–water partition coefficient (Wildman–Crippen LogP) is 4.08. The van der Waals surface area contributed by atoms with E-state index >= 15 is 0 Å². The van der Waals surface area contributed by atoms with Gasteiger partial charge in [0.1, 0.15) is 0 Å². The van der Waals surface area contributed by atoms with E-state index in [4.69, 9.17) is 11.6 Å². The summed E-state index contributed by atoms with van der Waals surface area (Å²) < 4.78 is 0. The Balaban J connectivity index is 4.68. The first-order chi connectivity index (χ1) is 5.17. The summed E-state index contributed by atoms with van der Waals surface area (Å²) in [6, 6.07) is 0. The molecule has 0 radical (unpaired) electrons. The quantitative estimate of drug-likeness (QED) is 0.470. The Morgan fingerprint density at radius 3 is 1.75 bits per heavy atom. The summed E-state index contributed by atoms with van der Waals surface area (Å²) in [5.74, 6) is 0.701. The lowest BCUT2D eigenvalue weighted by Crippen LogP contribution is -2.26. The minimum absolute atomic E-state index is 0.268. The second kappa shape index (κ2) is 3.97. The highest BCUT2D eigenvalue weighted by Gasteiger charge is 2.20. The molecule has 0 amide bonds. The van der Waals surface area contributed by atoms with Crippen molar-refractivity contribution in [2.24, 2.45) is 5.41 Å². The molecule has 0 N–H and O–H groups in total. The third-order valence-corrected chi connectivity index (χ3v) is 4.47. The molecule has 0 saturated heterocycles. The van der Waals surface area contributed by atoms with E-state index in [1.807, 2.05) is 0 Å². The van der Waals surface area contributed by atoms with Crippen LogP contribution in [0.1, 0.15) is 20.8 Å². The van der Waals surface area contributed by atoms with Gasteiger partial charge in [-0.2, -0.15) is 0 Å². The molecule has 0 atom stereocenters. The summed E-state index contributed by atoms with van der Waals surface area (Å²) in [5.41, 5.74) is 0.268. The molecule has 0 unspecified atom stereocenters. The highest BCUT2D eigenvalue weighted by molar-refractivity contribution is 6.83. The summed E-state index contributed by atoms with van der Waals surface area (Å²) in [6.45, 7) is 13.7. The molecule has 0 saturated carbocycles. The normalized spacial score (nSPS) is 15.1. The molecule has 72 valence electrons. The van der Waals surface area contributed by atoms with Gasteiger partial charge in [-0.3, -0.25) is 0 Å². The molecule has 0 aromatic carbocycles. The minimum Gasteiger partial charge on any atom is -0.122 e. The van der Waals surface area contributed by atoms with Crippen molar-refractivity contribution in [3.8, 4) is 0 Å². The third kappa shape index (κ3) is 4.99. The standard InChI is InChI=1S/C10H21ClSi/c1-10(2,3)7-9(8-11)12(4,5)6/h7H,8H2,1-6H3/b9-7+. The Labute approximate surface area is 83.0 Å². The third-order valence-electron chi connectivity index (χ3n) is 1.71. The number of alkyl halides is 1. The molecular formula is C10H21ClSi. The van der Waals surface area contributed by atoms with Crippen LogP contribution in [0.25, 0.3) is 0 Å². The zero-order chi connectivity index (χ0) is 9.99. The van der Waals surface area contributed by atoms with Gasteiger partial charge in [0.15, 0.2) is 0 Å². The molecule has 0 fully saturated rings. The fraction of sp³-hybridized carbons (Fsp3) is 0.800. The van der Waals surface area contributed by atoms with Crippen molar-refractivity contribution in [1.29, 1.82) is 0 Å². The van der Waals surface area contributed by atoms with Gasteiger partial charge in [-0.1, -0.05) is 51.7 Å². The van der Waals surface area contributed by atoms with Gasteiger partial charge in [0.2, 0.25) is 0 Å². The van der Waals surface area contributed by atoms with E-state index < -0.39 is 8.07 Å². The van der Waals surface area contributed by atoms with Crippen molar-refractivity contribution in [2.75, 3.05) is 5.88 Å². The van der Waals surface area contributed by atoms with Crippen LogP contribution < -0.4 is 0 Å². The molecule has 12 heavy (non-hydrogen) atoms. The van der Waals surface area contributed by atoms with E-state index in [1.54, 1.807) is 0 Å². The minimum atomic E-state index is -1.17. The van der Waals surface area contributed by atoms with Gasteiger partial charge in [0, 0.05) is 5.88 Å². The largest absolute Gasteiger partial charge is 0.122 e. The summed E-state index contributed by atoms with van der Waals surface area (Å²) >= 11 is 5.92. The van der Waals surface area contributed by atoms with E-state index in [0.717, 1.165) is 0 Å². The molecule has 0 spiro atoms. The lowest BCUT2D eigenvalue weighted by molar-refractivity contribution is 0.542. The molecule has 0 aliphatic carbocycles. The van der Waals surface area contributed by atoms with Crippen LogP contribution in [0, 0.1) is 5.41 Å². The molecule has 0 aliphatic rings. The van der Waals surface area contributed by atoms with Crippen molar-refractivity contribution in [3.05, 3.63) is 11.3 Å². The maximum atomic E-state index is 5.92. The van der Waals surface area contributed by atoms with Gasteiger partial charge in [-0.05, 0) is 5.41 Å². The smallest absolute Gasteiger partial charge is 0.0736 e. The Kier molecular flexibility index (Phi) is 4.05. The molecule has 0 rings (SSSR count). The lowest BCUT2D eigenvalue weighted by Gasteiger charge is -2.23. The van der Waals surface area contributed by atoms with E-state index in [2.05, 4.69) is 46.5 Å². The summed E-state index contributed by atoms with van der Waals surface area (Å²) in [7, 11) is -1.17. The zero-order valence-electron chi connectivity index (χ0n) is 9.16. The van der Waals surface area contributed by atoms with Crippen LogP contribution in [-0.4, -0.2) is 14.0 Å². The van der Waals surface area contributed by atoms with Gasteiger partial charge in [-0.25, -0.2) is 0 Å². The number of hydrogen-bond acceptors (Lipinski definition) is 0. The lowest BCUT2D eigenvalue weighted by atomic mass is 9.96. The highest BCUT2D eigenvalue weighted by Crippen LogP contribution is 2.24. The Bertz CT molecular complexity index is 169. The first-order valence-corrected chi connectivity index (χ1v) is 8.48. The highest BCUT2D eigenvalue weighted by atomic mass is 35.5. The molecule has 0 nitrogen and oxygen atoms in total. The maximum Gasteiger partial charge on any atom is 0.0736 e. The average molecular weight is 205 g/mol. The van der Waals surface area contributed by atoms with Crippen molar-refractivity contribution in [1.82, 2.24) is 0 Å². The van der Waals surface area contributed by atoms with E-state index in [1.165, 1.54) is 5.20 Å². The zero-order valence-corrected chi connectivity index (χ0v) is 10.9.